The van der Waals surface area contributed by atoms with Gasteiger partial charge in [0.15, 0.2) is 22.8 Å². The second-order valence-corrected chi connectivity index (χ2v) is 14.5. The lowest BCUT2D eigenvalue weighted by Crippen LogP contribution is -2.77. The molecule has 1 heterocycles. The van der Waals surface area contributed by atoms with Gasteiger partial charge in [0.25, 0.3) is 5.09 Å². The molecule has 0 aromatic heterocycles. The molecule has 1 aliphatic heterocycles. The molecule has 0 bridgehead atoms. The maximum Gasteiger partial charge on any atom is 0.306 e. The van der Waals surface area contributed by atoms with E-state index in [1.54, 1.807) is 48.5 Å². The molecular weight excluding hydrogens is 591 g/mol. The fraction of sp³-hybridized carbons (Fsp3) is 0.781. The topological polar surface area (TPSA) is 158 Å². The molecule has 4 fully saturated rings. The van der Waals surface area contributed by atoms with E-state index in [1.165, 1.54) is 18.2 Å². The highest BCUT2D eigenvalue weighted by atomic mass is 19.1. The van der Waals surface area contributed by atoms with Crippen molar-refractivity contribution in [2.75, 3.05) is 13.2 Å². The van der Waals surface area contributed by atoms with Gasteiger partial charge >= 0.3 is 11.9 Å². The molecular formula is C32H44FN2O10-. The summed E-state index contributed by atoms with van der Waals surface area (Å²) in [6, 6.07) is 0. The molecule has 250 valence electrons. The van der Waals surface area contributed by atoms with E-state index >= 15 is 4.39 Å². The van der Waals surface area contributed by atoms with Gasteiger partial charge in [0.1, 0.15) is 12.7 Å². The average molecular weight is 636 g/mol. The van der Waals surface area contributed by atoms with Crippen molar-refractivity contribution in [1.29, 1.82) is 0 Å². The van der Waals surface area contributed by atoms with E-state index in [0.717, 1.165) is 0 Å². The van der Waals surface area contributed by atoms with Crippen molar-refractivity contribution in [3.05, 3.63) is 39.1 Å². The Labute approximate surface area is 262 Å². The zero-order valence-corrected chi connectivity index (χ0v) is 27.1. The van der Waals surface area contributed by atoms with Crippen LogP contribution in [-0.4, -0.2) is 69.7 Å². The normalized spacial score (nSPS) is 43.5. The molecule has 5 rings (SSSR count). The van der Waals surface area contributed by atoms with Gasteiger partial charge in [0.05, 0.1) is 6.61 Å². The summed E-state index contributed by atoms with van der Waals surface area (Å²) in [5.74, 6) is -3.59. The Balaban J connectivity index is 1.76. The van der Waals surface area contributed by atoms with Crippen LogP contribution in [0.15, 0.2) is 23.8 Å². The summed E-state index contributed by atoms with van der Waals surface area (Å²) >= 11 is 0. The fourth-order valence-corrected chi connectivity index (χ4v) is 9.74. The quantitative estimate of drug-likeness (QED) is 0.206. The van der Waals surface area contributed by atoms with Crippen molar-refractivity contribution in [2.24, 2.45) is 28.6 Å². The minimum Gasteiger partial charge on any atom is -0.783 e. The van der Waals surface area contributed by atoms with E-state index < -0.39 is 80.9 Å². The second-order valence-electron chi connectivity index (χ2n) is 14.5. The molecule has 5 aliphatic rings. The predicted octanol–water partition coefficient (Wildman–Crippen LogP) is 4.77. The third-order valence-corrected chi connectivity index (χ3v) is 11.8. The number of hydroxylamine groups is 2. The van der Waals surface area contributed by atoms with E-state index in [4.69, 9.17) is 19.0 Å². The zero-order valence-electron chi connectivity index (χ0n) is 27.1. The third-order valence-electron chi connectivity index (χ3n) is 11.8. The number of allylic oxidation sites excluding steroid dienone is 4. The molecule has 9 atom stereocenters. The highest BCUT2D eigenvalue weighted by Gasteiger charge is 2.82. The van der Waals surface area contributed by atoms with Crippen molar-refractivity contribution in [1.82, 2.24) is 5.06 Å². The summed E-state index contributed by atoms with van der Waals surface area (Å²) in [5.41, 5.74) is -9.52. The van der Waals surface area contributed by atoms with Crippen molar-refractivity contribution >= 4 is 17.7 Å². The predicted molar refractivity (Wildman–Crippen MR) is 157 cm³/mol. The lowest BCUT2D eigenvalue weighted by atomic mass is 9.44. The largest absolute Gasteiger partial charge is 0.783 e. The SMILES string of the molecule is CCC(=O)OCC1([C@@]2(OC(=O)CC)C(C)CC3C4CCC5=CC(=O)C=C[C@]5(C)[C@@]4(F)[C@@H](O[N+](=O)[O-])C[C@@]32C)OCC(C)(C)N1[O-]. The number of alkyl halides is 1. The van der Waals surface area contributed by atoms with Crippen LogP contribution in [0.25, 0.3) is 0 Å². The lowest BCUT2D eigenvalue weighted by Gasteiger charge is -2.66. The lowest BCUT2D eigenvalue weighted by molar-refractivity contribution is -0.775. The summed E-state index contributed by atoms with van der Waals surface area (Å²) in [6.07, 6.45) is 3.05. The van der Waals surface area contributed by atoms with Gasteiger partial charge in [-0.2, -0.15) is 0 Å². The number of hydrogen-bond donors (Lipinski definition) is 0. The molecule has 4 unspecified atom stereocenters. The summed E-state index contributed by atoms with van der Waals surface area (Å²) in [4.78, 5) is 55.5. The van der Waals surface area contributed by atoms with Crippen molar-refractivity contribution < 1.29 is 42.9 Å². The number of hydrogen-bond acceptors (Lipinski definition) is 11. The van der Waals surface area contributed by atoms with Crippen LogP contribution in [0.4, 0.5) is 4.39 Å². The fourth-order valence-electron chi connectivity index (χ4n) is 9.74. The van der Waals surface area contributed by atoms with Gasteiger partial charge in [-0.05, 0) is 64.5 Å². The summed E-state index contributed by atoms with van der Waals surface area (Å²) in [7, 11) is 0. The number of nitrogens with zero attached hydrogens (tertiary/aromatic N) is 2. The van der Waals surface area contributed by atoms with Gasteiger partial charge in [0.2, 0.25) is 0 Å². The molecule has 3 saturated carbocycles. The first-order valence-corrected chi connectivity index (χ1v) is 15.8. The highest BCUT2D eigenvalue weighted by Crippen LogP contribution is 2.74. The van der Waals surface area contributed by atoms with E-state index in [1.807, 2.05) is 0 Å². The van der Waals surface area contributed by atoms with Crippen molar-refractivity contribution in [2.45, 2.75) is 116 Å². The number of carbonyl (C=O) groups excluding carboxylic acids is 3. The van der Waals surface area contributed by atoms with Crippen molar-refractivity contribution in [3.63, 3.8) is 0 Å². The summed E-state index contributed by atoms with van der Waals surface area (Å²) < 4.78 is 36.7. The monoisotopic (exact) mass is 635 g/mol. The van der Waals surface area contributed by atoms with E-state index in [0.29, 0.717) is 17.1 Å². The van der Waals surface area contributed by atoms with Crippen LogP contribution in [0.5, 0.6) is 0 Å². The molecule has 13 heteroatoms. The average Bonchev–Trinajstić information content (AvgIpc) is 3.34. The molecule has 1 saturated heterocycles. The van der Waals surface area contributed by atoms with Crippen LogP contribution in [0.2, 0.25) is 0 Å². The Morgan fingerprint density at radius 3 is 2.40 bits per heavy atom. The minimum atomic E-state index is -2.33. The first-order valence-electron chi connectivity index (χ1n) is 15.8. The number of esters is 2. The number of halogens is 1. The number of ketones is 1. The van der Waals surface area contributed by atoms with Gasteiger partial charge in [0, 0.05) is 41.0 Å². The Hall–Kier alpha value is -2.90. The maximum atomic E-state index is 18.3. The number of ether oxygens (including phenoxy) is 3. The molecule has 4 aliphatic carbocycles. The Kier molecular flexibility index (Phi) is 8.06. The standard InChI is InChI=1S/C32H44FN2O10/c1-8-25(37)42-18-30(34(39)27(4,5)17-43-30)32(44-26(38)9-2)19(3)14-23-22-11-10-20-15-21(36)12-13-28(20,6)31(22,33)24(45-35(40)41)16-29(23,32)7/h12-13,15,19,22-24H,8-11,14,16-18H2,1-7H3/q-1/t19?,22?,23?,24-,28-,29-,30?,31-,32+/m0/s1. The molecule has 0 amide bonds. The molecule has 0 aromatic rings. The van der Waals surface area contributed by atoms with Gasteiger partial charge < -0.3 is 29.3 Å². The molecule has 0 N–H and O–H groups in total. The van der Waals surface area contributed by atoms with Gasteiger partial charge in [-0.25, -0.2) is 4.39 Å². The number of rotatable bonds is 8. The van der Waals surface area contributed by atoms with Crippen LogP contribution in [-0.2, 0) is 33.4 Å². The minimum absolute atomic E-state index is 0.0190. The van der Waals surface area contributed by atoms with Crippen LogP contribution >= 0.6 is 0 Å². The van der Waals surface area contributed by atoms with Gasteiger partial charge in [-0.15, -0.1) is 10.1 Å². The molecule has 12 nitrogen and oxygen atoms in total. The third kappa shape index (κ3) is 4.36. The highest BCUT2D eigenvalue weighted by molar-refractivity contribution is 6.01. The maximum absolute atomic E-state index is 18.3. The van der Waals surface area contributed by atoms with Crippen molar-refractivity contribution in [3.8, 4) is 0 Å². The number of carbonyl (C=O) groups is 3. The molecule has 0 spiro atoms. The first-order chi connectivity index (χ1) is 20.9. The Morgan fingerprint density at radius 2 is 1.82 bits per heavy atom. The first kappa shape index (κ1) is 33.5. The smallest absolute Gasteiger partial charge is 0.306 e. The zero-order chi connectivity index (χ0) is 33.4. The number of fused-ring (bicyclic) bond motifs is 5. The van der Waals surface area contributed by atoms with Crippen LogP contribution in [0.1, 0.15) is 87.0 Å². The molecule has 45 heavy (non-hydrogen) atoms. The van der Waals surface area contributed by atoms with E-state index in [-0.39, 0.29) is 44.5 Å². The van der Waals surface area contributed by atoms with E-state index in [2.05, 4.69) is 0 Å². The second kappa shape index (κ2) is 10.8. The van der Waals surface area contributed by atoms with Crippen LogP contribution in [0.3, 0.4) is 0 Å². The summed E-state index contributed by atoms with van der Waals surface area (Å²) in [5, 5.41) is 26.2. The van der Waals surface area contributed by atoms with Crippen LogP contribution < -0.4 is 0 Å². The Bertz CT molecular complexity index is 1350. The van der Waals surface area contributed by atoms with Gasteiger partial charge in [-0.3, -0.25) is 14.4 Å². The van der Waals surface area contributed by atoms with Gasteiger partial charge in [-0.1, -0.05) is 39.3 Å². The van der Waals surface area contributed by atoms with E-state index in [9.17, 15) is 29.7 Å². The van der Waals surface area contributed by atoms with Crippen LogP contribution in [0, 0.1) is 43.9 Å². The Morgan fingerprint density at radius 1 is 1.16 bits per heavy atom. The molecule has 0 radical (unpaired) electrons. The molecule has 0 aromatic carbocycles. The summed E-state index contributed by atoms with van der Waals surface area (Å²) in [6.45, 7) is 11.1.